The molecule has 4 amide bonds. The largest absolute Gasteiger partial charge is 0.336 e. The predicted molar refractivity (Wildman–Crippen MR) is 100 cm³/mol. The molecule has 0 aromatic carbocycles. The third kappa shape index (κ3) is 4.56. The van der Waals surface area contributed by atoms with Crippen LogP contribution in [0.4, 0.5) is 0 Å². The zero-order chi connectivity index (χ0) is 20.4. The van der Waals surface area contributed by atoms with Gasteiger partial charge in [-0.05, 0) is 36.9 Å². The van der Waals surface area contributed by atoms with Gasteiger partial charge in [-0.1, -0.05) is 13.8 Å². The van der Waals surface area contributed by atoms with Gasteiger partial charge in [-0.25, -0.2) is 4.79 Å². The number of nitrogens with zero attached hydrogens (tertiary/aromatic N) is 2. The van der Waals surface area contributed by atoms with Crippen molar-refractivity contribution < 1.29 is 28.8 Å². The summed E-state index contributed by atoms with van der Waals surface area (Å²) >= 11 is 1.53. The number of likely N-dealkylation sites (tertiary alicyclic amines) is 1. The van der Waals surface area contributed by atoms with E-state index in [-0.39, 0.29) is 53.4 Å². The first-order valence-corrected chi connectivity index (χ1v) is 10.8. The van der Waals surface area contributed by atoms with Crippen LogP contribution in [0.1, 0.15) is 58.8 Å². The Balaban J connectivity index is 1.47. The second-order valence-electron chi connectivity index (χ2n) is 7.93. The molecule has 8 nitrogen and oxygen atoms in total. The number of rotatable bonds is 6. The van der Waals surface area contributed by atoms with Gasteiger partial charge in [0.2, 0.25) is 11.8 Å². The van der Waals surface area contributed by atoms with Crippen LogP contribution in [-0.2, 0) is 28.8 Å². The van der Waals surface area contributed by atoms with E-state index in [0.717, 1.165) is 0 Å². The Bertz CT molecular complexity index is 670. The Hall–Kier alpha value is -1.90. The number of hydrogen-bond donors (Lipinski definition) is 0. The summed E-state index contributed by atoms with van der Waals surface area (Å²) in [6.07, 6.45) is 2.92. The van der Waals surface area contributed by atoms with Crippen molar-refractivity contribution in [2.45, 2.75) is 69.3 Å². The summed E-state index contributed by atoms with van der Waals surface area (Å²) in [7, 11) is 0. The summed E-state index contributed by atoms with van der Waals surface area (Å²) in [5.41, 5.74) is 0. The zero-order valence-electron chi connectivity index (χ0n) is 16.2. The van der Waals surface area contributed by atoms with E-state index in [1.165, 1.54) is 16.7 Å². The maximum absolute atomic E-state index is 12.5. The predicted octanol–water partition coefficient (Wildman–Crippen LogP) is 1.67. The molecule has 3 fully saturated rings. The molecule has 0 N–H and O–H groups in total. The third-order valence-electron chi connectivity index (χ3n) is 5.45. The fourth-order valence-corrected chi connectivity index (χ4v) is 5.08. The highest BCUT2D eigenvalue weighted by molar-refractivity contribution is 8.01. The third-order valence-corrected chi connectivity index (χ3v) is 6.69. The van der Waals surface area contributed by atoms with Crippen LogP contribution in [0.3, 0.4) is 0 Å². The summed E-state index contributed by atoms with van der Waals surface area (Å²) in [5, 5.41) is 0.592. The van der Waals surface area contributed by atoms with E-state index in [4.69, 9.17) is 4.84 Å². The summed E-state index contributed by atoms with van der Waals surface area (Å²) in [6, 6.07) is 0. The summed E-state index contributed by atoms with van der Waals surface area (Å²) in [5.74, 6) is -1.93. The highest BCUT2D eigenvalue weighted by atomic mass is 32.2. The van der Waals surface area contributed by atoms with Crippen LogP contribution in [0.2, 0.25) is 0 Å². The summed E-state index contributed by atoms with van der Waals surface area (Å²) in [6.45, 7) is 4.42. The van der Waals surface area contributed by atoms with Gasteiger partial charge in [0.05, 0.1) is 11.2 Å². The molecule has 0 bridgehead atoms. The van der Waals surface area contributed by atoms with Crippen LogP contribution in [0.15, 0.2) is 0 Å². The minimum absolute atomic E-state index is 0.0762. The first-order valence-electron chi connectivity index (χ1n) is 9.83. The molecular formula is C19H26N2O6S. The van der Waals surface area contributed by atoms with Crippen molar-refractivity contribution in [3.63, 3.8) is 0 Å². The number of carbonyl (C=O) groups excluding carboxylic acids is 5. The van der Waals surface area contributed by atoms with Crippen LogP contribution in [0.25, 0.3) is 0 Å². The number of carbonyl (C=O) groups is 5. The van der Waals surface area contributed by atoms with Gasteiger partial charge < -0.3 is 4.84 Å². The molecule has 3 aliphatic rings. The van der Waals surface area contributed by atoms with Crippen molar-refractivity contribution in [2.75, 3.05) is 6.54 Å². The number of thioether (sulfide) groups is 1. The van der Waals surface area contributed by atoms with E-state index in [9.17, 15) is 24.0 Å². The quantitative estimate of drug-likeness (QED) is 0.614. The Labute approximate surface area is 168 Å². The maximum Gasteiger partial charge on any atom is 0.336 e. The first kappa shape index (κ1) is 20.8. The van der Waals surface area contributed by atoms with Crippen LogP contribution in [-0.4, -0.2) is 56.6 Å². The number of amides is 4. The summed E-state index contributed by atoms with van der Waals surface area (Å²) in [4.78, 5) is 66.5. The Kier molecular flexibility index (Phi) is 6.42. The molecule has 0 aromatic rings. The lowest BCUT2D eigenvalue weighted by Crippen LogP contribution is -2.39. The van der Waals surface area contributed by atoms with Gasteiger partial charge in [-0.2, -0.15) is 0 Å². The normalized spacial score (nSPS) is 28.6. The molecule has 9 heteroatoms. The number of imide groups is 2. The lowest BCUT2D eigenvalue weighted by atomic mass is 9.82. The van der Waals surface area contributed by atoms with E-state index in [1.54, 1.807) is 0 Å². The molecule has 0 aromatic heterocycles. The molecule has 0 spiro atoms. The molecule has 1 saturated carbocycles. The van der Waals surface area contributed by atoms with E-state index in [2.05, 4.69) is 0 Å². The van der Waals surface area contributed by atoms with Gasteiger partial charge in [-0.15, -0.1) is 16.8 Å². The Morgan fingerprint density at radius 2 is 1.64 bits per heavy atom. The fraction of sp³-hybridized carbons (Fsp3) is 0.737. The summed E-state index contributed by atoms with van der Waals surface area (Å²) < 4.78 is 0. The first-order chi connectivity index (χ1) is 13.3. The van der Waals surface area contributed by atoms with Crippen molar-refractivity contribution in [1.82, 2.24) is 9.96 Å². The highest BCUT2D eigenvalue weighted by Crippen LogP contribution is 2.34. The zero-order valence-corrected chi connectivity index (χ0v) is 17.0. The molecule has 3 rings (SSSR count). The monoisotopic (exact) mass is 410 g/mol. The van der Waals surface area contributed by atoms with Crippen molar-refractivity contribution >= 4 is 41.4 Å². The van der Waals surface area contributed by atoms with E-state index < -0.39 is 17.8 Å². The van der Waals surface area contributed by atoms with Gasteiger partial charge in [0.1, 0.15) is 0 Å². The van der Waals surface area contributed by atoms with Crippen LogP contribution >= 0.6 is 11.8 Å². The number of hydrogen-bond acceptors (Lipinski definition) is 7. The lowest BCUT2D eigenvalue weighted by Gasteiger charge is -2.30. The average Bonchev–Trinajstić information content (AvgIpc) is 3.09. The smallest absolute Gasteiger partial charge is 0.330 e. The van der Waals surface area contributed by atoms with Crippen LogP contribution in [0, 0.1) is 11.8 Å². The lowest BCUT2D eigenvalue weighted by molar-refractivity contribution is -0.201. The molecule has 1 unspecified atom stereocenters. The second-order valence-corrected chi connectivity index (χ2v) is 9.71. The second kappa shape index (κ2) is 8.63. The molecule has 0 radical (unpaired) electrons. The van der Waals surface area contributed by atoms with Crippen molar-refractivity contribution in [3.05, 3.63) is 0 Å². The molecule has 28 heavy (non-hydrogen) atoms. The van der Waals surface area contributed by atoms with Crippen LogP contribution in [0.5, 0.6) is 0 Å². The number of hydroxylamine groups is 2. The van der Waals surface area contributed by atoms with Gasteiger partial charge in [0.15, 0.2) is 0 Å². The topological polar surface area (TPSA) is 101 Å². The molecule has 2 heterocycles. The molecule has 154 valence electrons. The standard InChI is InChI=1S/C19H26N2O6S/c1-11(2)28-14-9-17(24)20(18(14)25)10-12-3-5-13(6-4-12)19(26)27-21-15(22)7-8-16(21)23/h11-14H,3-10H2,1-2H3. The van der Waals surface area contributed by atoms with Gasteiger partial charge in [-0.3, -0.25) is 24.1 Å². The van der Waals surface area contributed by atoms with Gasteiger partial charge in [0, 0.05) is 25.8 Å². The minimum Gasteiger partial charge on any atom is -0.330 e. The highest BCUT2D eigenvalue weighted by Gasteiger charge is 2.41. The van der Waals surface area contributed by atoms with Crippen molar-refractivity contribution in [1.29, 1.82) is 0 Å². The minimum atomic E-state index is -0.552. The molecule has 2 aliphatic heterocycles. The van der Waals surface area contributed by atoms with Gasteiger partial charge in [0.25, 0.3) is 11.8 Å². The Morgan fingerprint density at radius 1 is 1.04 bits per heavy atom. The maximum atomic E-state index is 12.5. The van der Waals surface area contributed by atoms with E-state index in [0.29, 0.717) is 37.3 Å². The molecular weight excluding hydrogens is 384 g/mol. The molecule has 1 atom stereocenters. The Morgan fingerprint density at radius 3 is 2.21 bits per heavy atom. The van der Waals surface area contributed by atoms with E-state index in [1.807, 2.05) is 13.8 Å². The fourth-order valence-electron chi connectivity index (χ4n) is 3.94. The molecule has 2 saturated heterocycles. The van der Waals surface area contributed by atoms with Gasteiger partial charge >= 0.3 is 5.97 Å². The van der Waals surface area contributed by atoms with E-state index >= 15 is 0 Å². The van der Waals surface area contributed by atoms with Crippen molar-refractivity contribution in [2.24, 2.45) is 11.8 Å². The average molecular weight is 410 g/mol. The molecule has 1 aliphatic carbocycles. The van der Waals surface area contributed by atoms with Crippen LogP contribution < -0.4 is 0 Å². The van der Waals surface area contributed by atoms with Crippen molar-refractivity contribution in [3.8, 4) is 0 Å². The SMILES string of the molecule is CC(C)SC1CC(=O)N(CC2CCC(C(=O)ON3C(=O)CCC3=O)CC2)C1=O.